The van der Waals surface area contributed by atoms with Crippen LogP contribution < -0.4 is 5.73 Å². The van der Waals surface area contributed by atoms with Crippen LogP contribution in [0.4, 0.5) is 13.2 Å². The molecule has 7 nitrogen and oxygen atoms in total. The van der Waals surface area contributed by atoms with Gasteiger partial charge in [0, 0.05) is 44.8 Å². The standard InChI is InChI=1S/C9H9NO.C6H16N2.CHF3O3S.Pd/c1-2-8(10)7-5-3-4-6-9(7)11;1-7(2)5-6-8(3)4;2-1(3,4)8(5,6)7;/h2-6H,1,10H2;5-6H2,1-4H3;(H,5,6,7);/p-1/b8-7-;;;. The van der Waals surface area contributed by atoms with Crippen LogP contribution in [0.1, 0.15) is 0 Å². The van der Waals surface area contributed by atoms with Crippen LogP contribution in [-0.2, 0) is 35.3 Å². The quantitative estimate of drug-likeness (QED) is 0.258. The number of rotatable bonds is 4. The van der Waals surface area contributed by atoms with E-state index in [2.05, 4.69) is 44.6 Å². The maximum atomic E-state index is 11.1. The van der Waals surface area contributed by atoms with Crippen molar-refractivity contribution in [1.29, 1.82) is 0 Å². The summed E-state index contributed by atoms with van der Waals surface area (Å²) < 4.78 is 58.9. The molecule has 0 aromatic heterocycles. The van der Waals surface area contributed by atoms with Crippen molar-refractivity contribution in [3.8, 4) is 0 Å². The molecule has 28 heavy (non-hydrogen) atoms. The number of hydrogen-bond donors (Lipinski definition) is 1. The fraction of sp³-hybridized carbons (Fsp3) is 0.438. The first-order valence-corrected chi connectivity index (χ1v) is 8.87. The van der Waals surface area contributed by atoms with Gasteiger partial charge in [-0.1, -0.05) is 18.7 Å². The van der Waals surface area contributed by atoms with Crippen LogP contribution in [0, 0.1) is 0 Å². The molecule has 1 rings (SSSR count). The second-order valence-electron chi connectivity index (χ2n) is 5.66. The van der Waals surface area contributed by atoms with Crippen molar-refractivity contribution in [3.63, 3.8) is 0 Å². The molecule has 0 unspecified atom stereocenters. The van der Waals surface area contributed by atoms with E-state index in [1.165, 1.54) is 12.2 Å². The third kappa shape index (κ3) is 15.7. The van der Waals surface area contributed by atoms with E-state index in [-0.39, 0.29) is 26.2 Å². The van der Waals surface area contributed by atoms with Crippen molar-refractivity contribution in [3.05, 3.63) is 48.2 Å². The number of carbonyl (C=O) groups excluding carboxylic acids is 1. The summed E-state index contributed by atoms with van der Waals surface area (Å²) in [4.78, 5) is 15.4. The largest absolute Gasteiger partial charge is 0.741 e. The van der Waals surface area contributed by atoms with E-state index < -0.39 is 15.6 Å². The van der Waals surface area contributed by atoms with Crippen molar-refractivity contribution in [2.75, 3.05) is 41.3 Å². The first-order valence-electron chi connectivity index (χ1n) is 7.46. The zero-order valence-electron chi connectivity index (χ0n) is 16.0. The predicted molar refractivity (Wildman–Crippen MR) is 97.6 cm³/mol. The third-order valence-corrected chi connectivity index (χ3v) is 3.26. The molecule has 0 heterocycles. The number of nitrogens with two attached hydrogens (primary N) is 1. The van der Waals surface area contributed by atoms with Gasteiger partial charge in [0.1, 0.15) is 0 Å². The Morgan fingerprint density at radius 3 is 1.75 bits per heavy atom. The number of alkyl halides is 3. The number of carbonyl (C=O) groups is 1. The van der Waals surface area contributed by atoms with E-state index in [0.717, 1.165) is 13.1 Å². The summed E-state index contributed by atoms with van der Waals surface area (Å²) in [7, 11) is 2.26. The number of halogens is 3. The van der Waals surface area contributed by atoms with Crippen molar-refractivity contribution in [2.45, 2.75) is 5.51 Å². The number of ketones is 1. The van der Waals surface area contributed by atoms with Crippen LogP contribution >= 0.6 is 0 Å². The smallest absolute Gasteiger partial charge is 0.485 e. The summed E-state index contributed by atoms with van der Waals surface area (Å²) in [5.41, 5.74) is 0.791. The normalized spacial score (nSPS) is 15.1. The van der Waals surface area contributed by atoms with Gasteiger partial charge >= 0.3 is 5.51 Å². The molecule has 1 aliphatic carbocycles. The van der Waals surface area contributed by atoms with Crippen LogP contribution in [0.15, 0.2) is 48.2 Å². The van der Waals surface area contributed by atoms with Gasteiger partial charge in [-0.3, -0.25) is 4.79 Å². The van der Waals surface area contributed by atoms with Gasteiger partial charge in [-0.05, 0) is 46.4 Å². The van der Waals surface area contributed by atoms with Gasteiger partial charge in [-0.2, -0.15) is 13.2 Å². The summed E-state index contributed by atoms with van der Waals surface area (Å²) in [6, 6.07) is 0. The maximum absolute atomic E-state index is 11.1. The minimum absolute atomic E-state index is 0. The Morgan fingerprint density at radius 1 is 1.14 bits per heavy atom. The molecule has 0 aromatic rings. The topological polar surface area (TPSA) is 107 Å². The third-order valence-electron chi connectivity index (χ3n) is 2.70. The van der Waals surface area contributed by atoms with E-state index in [0.29, 0.717) is 11.3 Å². The zero-order valence-corrected chi connectivity index (χ0v) is 18.3. The van der Waals surface area contributed by atoms with E-state index in [1.807, 2.05) is 0 Å². The van der Waals surface area contributed by atoms with E-state index in [9.17, 15) is 18.0 Å². The van der Waals surface area contributed by atoms with Gasteiger partial charge in [0.05, 0.1) is 0 Å². The molecule has 2 N–H and O–H groups in total. The molecule has 0 saturated heterocycles. The first-order chi connectivity index (χ1) is 12.1. The molecule has 12 heteroatoms. The van der Waals surface area contributed by atoms with Crippen LogP contribution in [-0.4, -0.2) is 75.3 Å². The molecule has 1 aliphatic rings. The molecule has 0 saturated carbocycles. The van der Waals surface area contributed by atoms with E-state index in [4.69, 9.17) is 18.7 Å². The number of allylic oxidation sites excluding steroid dienone is 6. The Bertz CT molecular complexity index is 678. The number of hydrogen-bond acceptors (Lipinski definition) is 7. The Morgan fingerprint density at radius 2 is 1.50 bits per heavy atom. The van der Waals surface area contributed by atoms with Crippen molar-refractivity contribution in [2.24, 2.45) is 5.73 Å². The van der Waals surface area contributed by atoms with E-state index >= 15 is 0 Å². The van der Waals surface area contributed by atoms with Crippen molar-refractivity contribution >= 4 is 15.9 Å². The van der Waals surface area contributed by atoms with Crippen LogP contribution in [0.2, 0.25) is 0 Å². The first kappa shape index (κ1) is 31.4. The number of likely N-dealkylation sites (N-methyl/N-ethyl adjacent to an activating group) is 2. The Kier molecular flexibility index (Phi) is 16.5. The Balaban J connectivity index is -0.000000337. The zero-order chi connectivity index (χ0) is 21.8. The molecular weight excluding hydrogens is 494 g/mol. The van der Waals surface area contributed by atoms with Crippen molar-refractivity contribution in [1.82, 2.24) is 9.80 Å². The molecule has 0 bridgehead atoms. The van der Waals surface area contributed by atoms with Gasteiger partial charge in [0.2, 0.25) is 0 Å². The van der Waals surface area contributed by atoms with Gasteiger partial charge < -0.3 is 20.1 Å². The molecular formula is C16H25F3N3O4PdS-. The molecule has 0 fully saturated rings. The summed E-state index contributed by atoms with van der Waals surface area (Å²) in [6.07, 6.45) is 8.08. The predicted octanol–water partition coefficient (Wildman–Crippen LogP) is 1.24. The van der Waals surface area contributed by atoms with Gasteiger partial charge in [-0.15, -0.1) is 0 Å². The van der Waals surface area contributed by atoms with Crippen LogP contribution in [0.5, 0.6) is 0 Å². The summed E-state index contributed by atoms with van der Waals surface area (Å²) in [6.45, 7) is 5.77. The van der Waals surface area contributed by atoms with Crippen LogP contribution in [0.25, 0.3) is 0 Å². The summed E-state index contributed by atoms with van der Waals surface area (Å²) >= 11 is 0. The molecule has 0 radical (unpaired) electrons. The fourth-order valence-corrected chi connectivity index (χ4v) is 1.22. The van der Waals surface area contributed by atoms with Gasteiger partial charge in [0.15, 0.2) is 15.9 Å². The molecule has 0 atom stereocenters. The van der Waals surface area contributed by atoms with Crippen LogP contribution in [0.3, 0.4) is 0 Å². The minimum atomic E-state index is -6.09. The Hall–Kier alpha value is -1.29. The second-order valence-corrected chi connectivity index (χ2v) is 7.03. The maximum Gasteiger partial charge on any atom is 0.485 e. The van der Waals surface area contributed by atoms with Crippen molar-refractivity contribution < 1.29 is 51.4 Å². The molecule has 0 amide bonds. The molecule has 0 aromatic carbocycles. The van der Waals surface area contributed by atoms with Gasteiger partial charge in [-0.25, -0.2) is 8.42 Å². The molecule has 0 aliphatic heterocycles. The average molecular weight is 519 g/mol. The molecule has 166 valence electrons. The molecule has 0 spiro atoms. The average Bonchev–Trinajstić information content (AvgIpc) is 2.52. The fourth-order valence-electron chi connectivity index (χ4n) is 1.22. The van der Waals surface area contributed by atoms with E-state index in [1.54, 1.807) is 18.2 Å². The minimum Gasteiger partial charge on any atom is -0.741 e. The number of nitrogens with zero attached hydrogens (tertiary/aromatic N) is 2. The Labute approximate surface area is 177 Å². The summed E-state index contributed by atoms with van der Waals surface area (Å²) in [5, 5.41) is 0. The monoisotopic (exact) mass is 518 g/mol. The SMILES string of the molecule is C=C/C(N)=C1\C=CC=CC1=O.CN(C)CCN(C)C.O=S(=O)([O-])C(F)(F)F.[Pd]. The van der Waals surface area contributed by atoms with Gasteiger partial charge in [0.25, 0.3) is 0 Å². The summed E-state index contributed by atoms with van der Waals surface area (Å²) in [5.74, 6) is -0.0649. The second kappa shape index (κ2) is 14.7.